The number of benzene rings is 2. The summed E-state index contributed by atoms with van der Waals surface area (Å²) in [7, 11) is 1.56. The van der Waals surface area contributed by atoms with Crippen LogP contribution in [-0.4, -0.2) is 33.4 Å². The fourth-order valence-corrected chi connectivity index (χ4v) is 3.57. The molecule has 3 aromatic rings. The SMILES string of the molecule is COc1ccc(Cl)cc1-c1nc(SC(C)C(=O)NC(C)c2ccc(F)cc2)n[nH]1. The van der Waals surface area contributed by atoms with E-state index in [0.717, 1.165) is 5.56 Å². The summed E-state index contributed by atoms with van der Waals surface area (Å²) in [6.45, 7) is 3.62. The topological polar surface area (TPSA) is 79.9 Å². The normalized spacial score (nSPS) is 13.0. The second kappa shape index (κ2) is 9.28. The molecule has 0 fully saturated rings. The fraction of sp³-hybridized carbons (Fsp3) is 0.250. The number of carbonyl (C=O) groups is 1. The molecule has 9 heteroatoms. The van der Waals surface area contributed by atoms with Crippen LogP contribution in [0, 0.1) is 5.82 Å². The smallest absolute Gasteiger partial charge is 0.233 e. The summed E-state index contributed by atoms with van der Waals surface area (Å²) in [5.74, 6) is 0.631. The first-order valence-corrected chi connectivity index (χ1v) is 10.1. The van der Waals surface area contributed by atoms with Gasteiger partial charge in [0, 0.05) is 5.02 Å². The van der Waals surface area contributed by atoms with Crippen LogP contribution in [0.1, 0.15) is 25.5 Å². The van der Waals surface area contributed by atoms with Crippen LogP contribution in [0.2, 0.25) is 5.02 Å². The fourth-order valence-electron chi connectivity index (χ4n) is 2.66. The van der Waals surface area contributed by atoms with Gasteiger partial charge >= 0.3 is 0 Å². The Balaban J connectivity index is 1.65. The van der Waals surface area contributed by atoms with E-state index in [1.165, 1.54) is 23.9 Å². The number of hydrogen-bond acceptors (Lipinski definition) is 5. The van der Waals surface area contributed by atoms with E-state index in [0.29, 0.717) is 27.3 Å². The predicted octanol–water partition coefficient (Wildman–Crippen LogP) is 4.63. The lowest BCUT2D eigenvalue weighted by atomic mass is 10.1. The summed E-state index contributed by atoms with van der Waals surface area (Å²) >= 11 is 7.29. The number of amides is 1. The molecule has 1 heterocycles. The molecule has 0 radical (unpaired) electrons. The number of halogens is 2. The zero-order valence-electron chi connectivity index (χ0n) is 16.1. The van der Waals surface area contributed by atoms with Crippen LogP contribution in [0.5, 0.6) is 5.75 Å². The standard InChI is InChI=1S/C20H20ClFN4O2S/c1-11(13-4-7-15(22)8-5-13)23-19(27)12(2)29-20-24-18(25-26-20)16-10-14(21)6-9-17(16)28-3/h4-12H,1-3H3,(H,23,27)(H,24,25,26). The van der Waals surface area contributed by atoms with Gasteiger partial charge in [-0.1, -0.05) is 35.5 Å². The third kappa shape index (κ3) is 5.27. The van der Waals surface area contributed by atoms with Gasteiger partial charge in [-0.15, -0.1) is 5.10 Å². The molecule has 2 unspecified atom stereocenters. The Morgan fingerprint density at radius 1 is 1.24 bits per heavy atom. The van der Waals surface area contributed by atoms with E-state index < -0.39 is 5.25 Å². The van der Waals surface area contributed by atoms with Crippen molar-refractivity contribution in [1.82, 2.24) is 20.5 Å². The summed E-state index contributed by atoms with van der Waals surface area (Å²) in [5.41, 5.74) is 1.51. The van der Waals surface area contributed by atoms with E-state index in [1.54, 1.807) is 44.4 Å². The Bertz CT molecular complexity index is 996. The van der Waals surface area contributed by atoms with Crippen molar-refractivity contribution in [3.63, 3.8) is 0 Å². The molecule has 3 rings (SSSR count). The molecule has 0 saturated heterocycles. The second-order valence-corrected chi connectivity index (χ2v) is 8.10. The van der Waals surface area contributed by atoms with Gasteiger partial charge in [-0.05, 0) is 49.7 Å². The monoisotopic (exact) mass is 434 g/mol. The predicted molar refractivity (Wildman–Crippen MR) is 112 cm³/mol. The number of aromatic amines is 1. The van der Waals surface area contributed by atoms with Crippen LogP contribution < -0.4 is 10.1 Å². The van der Waals surface area contributed by atoms with E-state index in [2.05, 4.69) is 20.5 Å². The van der Waals surface area contributed by atoms with Gasteiger partial charge in [-0.25, -0.2) is 9.37 Å². The van der Waals surface area contributed by atoms with E-state index >= 15 is 0 Å². The van der Waals surface area contributed by atoms with Crippen molar-refractivity contribution in [2.45, 2.75) is 30.3 Å². The zero-order valence-corrected chi connectivity index (χ0v) is 17.6. The molecule has 0 spiro atoms. The lowest BCUT2D eigenvalue weighted by molar-refractivity contribution is -0.120. The van der Waals surface area contributed by atoms with Crippen LogP contribution in [0.4, 0.5) is 4.39 Å². The van der Waals surface area contributed by atoms with Crippen LogP contribution in [-0.2, 0) is 4.79 Å². The zero-order chi connectivity index (χ0) is 21.0. The average molecular weight is 435 g/mol. The van der Waals surface area contributed by atoms with Gasteiger partial charge in [-0.2, -0.15) is 0 Å². The molecule has 0 saturated carbocycles. The number of thioether (sulfide) groups is 1. The molecule has 0 bridgehead atoms. The maximum Gasteiger partial charge on any atom is 0.233 e. The highest BCUT2D eigenvalue weighted by Crippen LogP contribution is 2.31. The summed E-state index contributed by atoms with van der Waals surface area (Å²) in [6.07, 6.45) is 0. The Labute approximate surface area is 177 Å². The number of methoxy groups -OCH3 is 1. The van der Waals surface area contributed by atoms with Gasteiger partial charge in [0.15, 0.2) is 5.82 Å². The van der Waals surface area contributed by atoms with Gasteiger partial charge < -0.3 is 10.1 Å². The minimum atomic E-state index is -0.428. The minimum absolute atomic E-state index is 0.168. The van der Waals surface area contributed by atoms with Gasteiger partial charge in [-0.3, -0.25) is 9.89 Å². The molecule has 29 heavy (non-hydrogen) atoms. The number of rotatable bonds is 7. The number of nitrogens with zero attached hydrogens (tertiary/aromatic N) is 2. The molecular weight excluding hydrogens is 415 g/mol. The lowest BCUT2D eigenvalue weighted by Gasteiger charge is -2.17. The Morgan fingerprint density at radius 2 is 1.97 bits per heavy atom. The van der Waals surface area contributed by atoms with Gasteiger partial charge in [0.25, 0.3) is 0 Å². The van der Waals surface area contributed by atoms with Gasteiger partial charge in [0.1, 0.15) is 11.6 Å². The van der Waals surface area contributed by atoms with Crippen molar-refractivity contribution < 1.29 is 13.9 Å². The molecule has 152 valence electrons. The van der Waals surface area contributed by atoms with Crippen LogP contribution in [0.15, 0.2) is 47.6 Å². The Hall–Kier alpha value is -2.58. The van der Waals surface area contributed by atoms with Gasteiger partial charge in [0.2, 0.25) is 11.1 Å². The highest BCUT2D eigenvalue weighted by atomic mass is 35.5. The molecule has 0 aliphatic rings. The molecule has 0 aliphatic carbocycles. The van der Waals surface area contributed by atoms with Crippen molar-refractivity contribution in [1.29, 1.82) is 0 Å². The van der Waals surface area contributed by atoms with Crippen molar-refractivity contribution >= 4 is 29.3 Å². The number of aromatic nitrogens is 3. The summed E-state index contributed by atoms with van der Waals surface area (Å²) < 4.78 is 18.4. The van der Waals surface area contributed by atoms with Crippen LogP contribution in [0.25, 0.3) is 11.4 Å². The number of ether oxygens (including phenoxy) is 1. The maximum absolute atomic E-state index is 13.1. The van der Waals surface area contributed by atoms with Crippen molar-refractivity contribution in [3.8, 4) is 17.1 Å². The third-order valence-electron chi connectivity index (χ3n) is 4.26. The molecule has 6 nitrogen and oxygen atoms in total. The highest BCUT2D eigenvalue weighted by molar-refractivity contribution is 8.00. The first kappa shape index (κ1) is 21.1. The molecule has 2 atom stereocenters. The summed E-state index contributed by atoms with van der Waals surface area (Å²) in [6, 6.07) is 11.0. The molecule has 1 aromatic heterocycles. The first-order valence-electron chi connectivity index (χ1n) is 8.86. The van der Waals surface area contributed by atoms with Crippen molar-refractivity contribution in [2.24, 2.45) is 0 Å². The first-order chi connectivity index (χ1) is 13.9. The van der Waals surface area contributed by atoms with Crippen LogP contribution in [0.3, 0.4) is 0 Å². The molecular formula is C20H20ClFN4O2S. The van der Waals surface area contributed by atoms with E-state index in [9.17, 15) is 9.18 Å². The Morgan fingerprint density at radius 3 is 2.66 bits per heavy atom. The van der Waals surface area contributed by atoms with Crippen LogP contribution >= 0.6 is 23.4 Å². The molecule has 2 N–H and O–H groups in total. The van der Waals surface area contributed by atoms with Gasteiger partial charge in [0.05, 0.1) is 24.0 Å². The molecule has 1 amide bonds. The summed E-state index contributed by atoms with van der Waals surface area (Å²) in [5, 5.41) is 10.5. The number of nitrogens with one attached hydrogen (secondary N) is 2. The lowest BCUT2D eigenvalue weighted by Crippen LogP contribution is -2.33. The summed E-state index contributed by atoms with van der Waals surface area (Å²) in [4.78, 5) is 16.9. The molecule has 2 aromatic carbocycles. The third-order valence-corrected chi connectivity index (χ3v) is 5.46. The van der Waals surface area contributed by atoms with E-state index in [-0.39, 0.29) is 17.8 Å². The Kier molecular flexibility index (Phi) is 6.76. The number of hydrogen-bond donors (Lipinski definition) is 2. The van der Waals surface area contributed by atoms with Crippen molar-refractivity contribution in [2.75, 3.05) is 7.11 Å². The minimum Gasteiger partial charge on any atom is -0.496 e. The number of H-pyrrole nitrogens is 1. The van der Waals surface area contributed by atoms with Crippen molar-refractivity contribution in [3.05, 3.63) is 58.9 Å². The quantitative estimate of drug-likeness (QED) is 0.530. The number of carbonyl (C=O) groups excluding carboxylic acids is 1. The average Bonchev–Trinajstić information content (AvgIpc) is 3.16. The van der Waals surface area contributed by atoms with E-state index in [1.807, 2.05) is 6.92 Å². The maximum atomic E-state index is 13.1. The van der Waals surface area contributed by atoms with E-state index in [4.69, 9.17) is 16.3 Å². The molecule has 0 aliphatic heterocycles. The largest absolute Gasteiger partial charge is 0.496 e. The second-order valence-electron chi connectivity index (χ2n) is 6.35. The highest BCUT2D eigenvalue weighted by Gasteiger charge is 2.20.